The molecule has 6 heteroatoms. The van der Waals surface area contributed by atoms with Crippen LogP contribution in [0.15, 0.2) is 84.9 Å². The zero-order valence-corrected chi connectivity index (χ0v) is 19.8. The van der Waals surface area contributed by atoms with Crippen molar-refractivity contribution in [2.24, 2.45) is 0 Å². The minimum absolute atomic E-state index is 0.255. The Kier molecular flexibility index (Phi) is 5.79. The monoisotopic (exact) mass is 473 g/mol. The van der Waals surface area contributed by atoms with Crippen molar-refractivity contribution in [2.75, 3.05) is 10.6 Å². The van der Waals surface area contributed by atoms with Gasteiger partial charge in [-0.05, 0) is 62.4 Å². The Hall–Kier alpha value is -3.34. The quantitative estimate of drug-likeness (QED) is 0.204. The largest absolute Gasteiger partial charge is 0.381 e. The van der Waals surface area contributed by atoms with Crippen LogP contribution in [0.1, 0.15) is 13.8 Å². The summed E-state index contributed by atoms with van der Waals surface area (Å²) in [4.78, 5) is 4.98. The number of anilines is 3. The van der Waals surface area contributed by atoms with Crippen LogP contribution in [0.2, 0.25) is 10.0 Å². The van der Waals surface area contributed by atoms with Crippen LogP contribution in [0.25, 0.3) is 27.8 Å². The second-order valence-electron chi connectivity index (χ2n) is 8.23. The minimum atomic E-state index is 0.255. The number of rotatable bonds is 5. The highest BCUT2D eigenvalue weighted by molar-refractivity contribution is 6.30. The van der Waals surface area contributed by atoms with E-state index in [1.807, 2.05) is 66.7 Å². The zero-order chi connectivity index (χ0) is 22.9. The highest BCUT2D eigenvalue weighted by Gasteiger charge is 2.21. The van der Waals surface area contributed by atoms with Gasteiger partial charge in [0.05, 0.1) is 11.4 Å². The molecule has 4 nitrogen and oxygen atoms in total. The molecular formula is C27H23Cl2N4+. The van der Waals surface area contributed by atoms with E-state index in [9.17, 15) is 0 Å². The van der Waals surface area contributed by atoms with Crippen molar-refractivity contribution < 1.29 is 4.57 Å². The molecule has 0 saturated carbocycles. The maximum atomic E-state index is 6.18. The van der Waals surface area contributed by atoms with Gasteiger partial charge in [0, 0.05) is 46.0 Å². The first-order valence-corrected chi connectivity index (χ1v) is 11.6. The van der Waals surface area contributed by atoms with E-state index >= 15 is 0 Å². The predicted octanol–water partition coefficient (Wildman–Crippen LogP) is 7.54. The molecule has 0 unspecified atom stereocenters. The van der Waals surface area contributed by atoms with Crippen molar-refractivity contribution in [2.45, 2.75) is 19.9 Å². The fraction of sp³-hybridized carbons (Fsp3) is 0.111. The number of halogens is 2. The second-order valence-corrected chi connectivity index (χ2v) is 9.10. The van der Waals surface area contributed by atoms with E-state index in [0.717, 1.165) is 44.8 Å². The standard InChI is InChI=1S/C27H22Cl2N4/c1-17(2)30-24-16-27-25(15-23(24)31-20-11-7-18(28)8-12-20)32-22-5-3-4-6-26(22)33(27)21-13-9-19(29)10-14-21/h3-17H,1-2H3,(H,31,32)/p+1. The summed E-state index contributed by atoms with van der Waals surface area (Å²) in [6.45, 7) is 4.25. The Labute approximate surface area is 202 Å². The summed E-state index contributed by atoms with van der Waals surface area (Å²) in [5, 5.41) is 8.52. The van der Waals surface area contributed by atoms with E-state index in [-0.39, 0.29) is 6.04 Å². The third-order valence-corrected chi connectivity index (χ3v) is 5.88. The van der Waals surface area contributed by atoms with Gasteiger partial charge in [0.15, 0.2) is 0 Å². The van der Waals surface area contributed by atoms with Gasteiger partial charge in [0.1, 0.15) is 11.0 Å². The Bertz CT molecular complexity index is 1450. The summed E-state index contributed by atoms with van der Waals surface area (Å²) >= 11 is 12.3. The van der Waals surface area contributed by atoms with Gasteiger partial charge in [0.25, 0.3) is 0 Å². The first kappa shape index (κ1) is 21.5. The molecule has 0 aliphatic rings. The maximum absolute atomic E-state index is 6.18. The number of hydrogen-bond acceptors (Lipinski definition) is 3. The SMILES string of the molecule is CC(C)Nc1cc2c(cc1Nc1ccc(Cl)cc1)nc1ccccc1[n+]2-c1ccc(Cl)cc1. The Morgan fingerprint density at radius 1 is 0.727 bits per heavy atom. The van der Waals surface area contributed by atoms with Crippen molar-refractivity contribution >= 4 is 62.3 Å². The number of fused-ring (bicyclic) bond motifs is 2. The van der Waals surface area contributed by atoms with E-state index in [4.69, 9.17) is 28.2 Å². The average Bonchev–Trinajstić information content (AvgIpc) is 2.80. The van der Waals surface area contributed by atoms with Crippen molar-refractivity contribution in [1.29, 1.82) is 0 Å². The summed E-state index contributed by atoms with van der Waals surface area (Å²) in [5.41, 5.74) is 7.75. The Morgan fingerprint density at radius 2 is 1.39 bits per heavy atom. The van der Waals surface area contributed by atoms with E-state index < -0.39 is 0 Å². The summed E-state index contributed by atoms with van der Waals surface area (Å²) < 4.78 is 2.23. The lowest BCUT2D eigenvalue weighted by Crippen LogP contribution is -2.33. The normalized spacial score (nSPS) is 11.3. The van der Waals surface area contributed by atoms with Crippen LogP contribution in [-0.2, 0) is 0 Å². The summed E-state index contributed by atoms with van der Waals surface area (Å²) in [5.74, 6) is 0. The fourth-order valence-corrected chi connectivity index (χ4v) is 4.20. The highest BCUT2D eigenvalue weighted by atomic mass is 35.5. The number of aromatic nitrogens is 2. The van der Waals surface area contributed by atoms with Gasteiger partial charge < -0.3 is 10.6 Å². The lowest BCUT2D eigenvalue weighted by atomic mass is 10.1. The Morgan fingerprint density at radius 3 is 2.09 bits per heavy atom. The second kappa shape index (κ2) is 8.89. The third-order valence-electron chi connectivity index (χ3n) is 5.37. The predicted molar refractivity (Wildman–Crippen MR) is 139 cm³/mol. The molecule has 0 saturated heterocycles. The molecule has 0 aliphatic heterocycles. The highest BCUT2D eigenvalue weighted by Crippen LogP contribution is 2.31. The van der Waals surface area contributed by atoms with Crippen LogP contribution in [0.4, 0.5) is 17.1 Å². The van der Waals surface area contributed by atoms with Gasteiger partial charge in [-0.1, -0.05) is 35.3 Å². The van der Waals surface area contributed by atoms with E-state index in [2.05, 4.69) is 47.2 Å². The lowest BCUT2D eigenvalue weighted by molar-refractivity contribution is -0.538. The molecule has 33 heavy (non-hydrogen) atoms. The number of benzene rings is 4. The molecule has 2 N–H and O–H groups in total. The van der Waals surface area contributed by atoms with Crippen LogP contribution in [0.5, 0.6) is 0 Å². The van der Waals surface area contributed by atoms with Gasteiger partial charge >= 0.3 is 0 Å². The molecule has 5 aromatic rings. The number of nitrogens with one attached hydrogen (secondary N) is 2. The molecule has 0 atom stereocenters. The average molecular weight is 474 g/mol. The minimum Gasteiger partial charge on any atom is -0.381 e. The van der Waals surface area contributed by atoms with Gasteiger partial charge in [-0.2, -0.15) is 0 Å². The van der Waals surface area contributed by atoms with Gasteiger partial charge in [-0.25, -0.2) is 4.98 Å². The van der Waals surface area contributed by atoms with Crippen molar-refractivity contribution in [3.8, 4) is 5.69 Å². The summed E-state index contributed by atoms with van der Waals surface area (Å²) in [7, 11) is 0. The smallest absolute Gasteiger partial charge is 0.239 e. The molecule has 5 rings (SSSR count). The van der Waals surface area contributed by atoms with Crippen molar-refractivity contribution in [3.05, 3.63) is 95.0 Å². The molecule has 0 aliphatic carbocycles. The number of hydrogen-bond donors (Lipinski definition) is 2. The molecule has 1 heterocycles. The van der Waals surface area contributed by atoms with Crippen LogP contribution >= 0.6 is 23.2 Å². The van der Waals surface area contributed by atoms with E-state index in [1.165, 1.54) is 0 Å². The Balaban J connectivity index is 1.77. The molecule has 0 amide bonds. The van der Waals surface area contributed by atoms with E-state index in [0.29, 0.717) is 10.0 Å². The van der Waals surface area contributed by atoms with E-state index in [1.54, 1.807) is 0 Å². The number of para-hydroxylation sites is 2. The first-order valence-electron chi connectivity index (χ1n) is 10.8. The lowest BCUT2D eigenvalue weighted by Gasteiger charge is -2.17. The molecule has 0 fully saturated rings. The molecule has 0 bridgehead atoms. The van der Waals surface area contributed by atoms with Crippen LogP contribution < -0.4 is 15.2 Å². The van der Waals surface area contributed by atoms with Crippen LogP contribution in [0, 0.1) is 0 Å². The van der Waals surface area contributed by atoms with Crippen molar-refractivity contribution in [3.63, 3.8) is 0 Å². The summed E-state index contributed by atoms with van der Waals surface area (Å²) in [6, 6.07) is 28.2. The third kappa shape index (κ3) is 4.45. The topological polar surface area (TPSA) is 40.8 Å². The fourth-order valence-electron chi connectivity index (χ4n) is 3.94. The first-order chi connectivity index (χ1) is 16.0. The zero-order valence-electron chi connectivity index (χ0n) is 18.3. The van der Waals surface area contributed by atoms with Gasteiger partial charge in [-0.15, -0.1) is 4.57 Å². The molecule has 164 valence electrons. The molecule has 1 aromatic heterocycles. The molecule has 4 aromatic carbocycles. The maximum Gasteiger partial charge on any atom is 0.239 e. The summed E-state index contributed by atoms with van der Waals surface area (Å²) in [6.07, 6.45) is 0. The molecule has 0 spiro atoms. The molecular weight excluding hydrogens is 451 g/mol. The van der Waals surface area contributed by atoms with Crippen LogP contribution in [-0.4, -0.2) is 11.0 Å². The van der Waals surface area contributed by atoms with Crippen molar-refractivity contribution in [1.82, 2.24) is 4.98 Å². The number of nitrogens with zero attached hydrogens (tertiary/aromatic N) is 2. The van der Waals surface area contributed by atoms with Gasteiger partial charge in [-0.3, -0.25) is 0 Å². The van der Waals surface area contributed by atoms with Gasteiger partial charge in [0.2, 0.25) is 16.7 Å². The van der Waals surface area contributed by atoms with Crippen LogP contribution in [0.3, 0.4) is 0 Å². The molecule has 0 radical (unpaired) electrons.